The molecule has 0 atom stereocenters. The second kappa shape index (κ2) is 11.6. The van der Waals surface area contributed by atoms with Gasteiger partial charge in [0.1, 0.15) is 12.4 Å². The number of thioether (sulfide) groups is 1. The molecule has 204 valence electrons. The average molecular weight is 587 g/mol. The number of hydrogen-bond donors (Lipinski definition) is 1. The van der Waals surface area contributed by atoms with Gasteiger partial charge in [0, 0.05) is 16.4 Å². The Morgan fingerprint density at radius 3 is 2.10 bits per heavy atom. The van der Waals surface area contributed by atoms with Crippen molar-refractivity contribution in [3.05, 3.63) is 94.8 Å². The second-order valence-corrected chi connectivity index (χ2v) is 9.32. The molecule has 0 spiro atoms. The Hall–Kier alpha value is -3.71. The first kappa shape index (κ1) is 28.3. The van der Waals surface area contributed by atoms with Gasteiger partial charge in [0.05, 0.1) is 16.9 Å². The molecule has 4 aromatic rings. The van der Waals surface area contributed by atoms with Gasteiger partial charge < -0.3 is 10.1 Å². The number of halogens is 7. The summed E-state index contributed by atoms with van der Waals surface area (Å²) in [6.07, 6.45) is -10.1. The highest BCUT2D eigenvalue weighted by atomic mass is 35.5. The number of ether oxygens (including phenoxy) is 1. The molecule has 0 unspecified atom stereocenters. The zero-order chi connectivity index (χ0) is 28.2. The van der Waals surface area contributed by atoms with Gasteiger partial charge in [0.15, 0.2) is 11.0 Å². The molecule has 1 aromatic heterocycles. The third-order valence-corrected chi connectivity index (χ3v) is 6.28. The Bertz CT molecular complexity index is 1410. The molecule has 1 N–H and O–H groups in total. The van der Waals surface area contributed by atoms with Gasteiger partial charge in [-0.15, -0.1) is 10.2 Å². The molecule has 0 saturated heterocycles. The molecule has 1 amide bonds. The molecule has 4 rings (SSSR count). The number of aromatic nitrogens is 3. The van der Waals surface area contributed by atoms with E-state index in [0.29, 0.717) is 34.4 Å². The normalized spacial score (nSPS) is 11.9. The quantitative estimate of drug-likeness (QED) is 0.174. The van der Waals surface area contributed by atoms with Gasteiger partial charge in [0.25, 0.3) is 0 Å². The van der Waals surface area contributed by atoms with E-state index in [1.165, 1.54) is 0 Å². The molecule has 0 aliphatic rings. The van der Waals surface area contributed by atoms with Crippen LogP contribution in [0.4, 0.5) is 32.0 Å². The molecule has 39 heavy (non-hydrogen) atoms. The summed E-state index contributed by atoms with van der Waals surface area (Å²) >= 11 is 6.87. The van der Waals surface area contributed by atoms with Crippen LogP contribution in [-0.4, -0.2) is 26.4 Å². The van der Waals surface area contributed by atoms with Crippen LogP contribution in [0.5, 0.6) is 5.75 Å². The van der Waals surface area contributed by atoms with E-state index < -0.39 is 35.1 Å². The van der Waals surface area contributed by atoms with E-state index in [0.717, 1.165) is 11.8 Å². The molecule has 0 aliphatic heterocycles. The lowest BCUT2D eigenvalue weighted by molar-refractivity contribution is -0.143. The summed E-state index contributed by atoms with van der Waals surface area (Å²) in [7, 11) is 0. The van der Waals surface area contributed by atoms with Crippen LogP contribution >= 0.6 is 23.4 Å². The zero-order valence-electron chi connectivity index (χ0n) is 19.6. The van der Waals surface area contributed by atoms with Crippen molar-refractivity contribution < 1.29 is 35.9 Å². The van der Waals surface area contributed by atoms with Gasteiger partial charge in [-0.25, -0.2) is 0 Å². The number of hydrogen-bond acceptors (Lipinski definition) is 5. The van der Waals surface area contributed by atoms with Crippen molar-refractivity contribution in [2.24, 2.45) is 0 Å². The van der Waals surface area contributed by atoms with Crippen LogP contribution in [-0.2, 0) is 23.8 Å². The van der Waals surface area contributed by atoms with Crippen LogP contribution in [0.15, 0.2) is 78.0 Å². The highest BCUT2D eigenvalue weighted by molar-refractivity contribution is 7.99. The van der Waals surface area contributed by atoms with Gasteiger partial charge in [-0.3, -0.25) is 9.36 Å². The van der Waals surface area contributed by atoms with Gasteiger partial charge in [-0.1, -0.05) is 41.6 Å². The molecule has 0 saturated carbocycles. The summed E-state index contributed by atoms with van der Waals surface area (Å²) in [5.74, 6) is -0.281. The fourth-order valence-corrected chi connectivity index (χ4v) is 4.25. The highest BCUT2D eigenvalue weighted by Gasteiger charge is 2.37. The van der Waals surface area contributed by atoms with E-state index in [-0.39, 0.29) is 23.6 Å². The highest BCUT2D eigenvalue weighted by Crippen LogP contribution is 2.37. The van der Waals surface area contributed by atoms with E-state index in [4.69, 9.17) is 16.3 Å². The number of benzene rings is 3. The van der Waals surface area contributed by atoms with Crippen molar-refractivity contribution in [3.63, 3.8) is 0 Å². The number of anilines is 1. The minimum Gasteiger partial charge on any atom is -0.486 e. The Morgan fingerprint density at radius 1 is 0.897 bits per heavy atom. The largest absolute Gasteiger partial charge is 0.486 e. The van der Waals surface area contributed by atoms with Crippen LogP contribution in [0.2, 0.25) is 5.02 Å². The fourth-order valence-electron chi connectivity index (χ4n) is 3.36. The number of nitrogens with one attached hydrogen (secondary N) is 1. The zero-order valence-corrected chi connectivity index (χ0v) is 21.1. The van der Waals surface area contributed by atoms with E-state index in [2.05, 4.69) is 15.5 Å². The monoisotopic (exact) mass is 586 g/mol. The summed E-state index contributed by atoms with van der Waals surface area (Å²) in [5, 5.41) is 11.0. The first-order chi connectivity index (χ1) is 18.4. The average Bonchev–Trinajstić information content (AvgIpc) is 3.29. The third-order valence-electron chi connectivity index (χ3n) is 5.10. The lowest BCUT2D eigenvalue weighted by atomic mass is 10.1. The van der Waals surface area contributed by atoms with Crippen LogP contribution in [0.25, 0.3) is 5.69 Å². The molecule has 0 fully saturated rings. The maximum atomic E-state index is 13.1. The van der Waals surface area contributed by atoms with Gasteiger partial charge >= 0.3 is 12.4 Å². The lowest BCUT2D eigenvalue weighted by Gasteiger charge is -2.15. The van der Waals surface area contributed by atoms with E-state index in [1.807, 2.05) is 6.07 Å². The molecule has 3 aromatic carbocycles. The number of carbonyl (C=O) groups is 1. The Balaban J connectivity index is 1.53. The standard InChI is InChI=1S/C25H17ClF6N4O2S/c26-17-6-8-19(9-7-17)36-21(13-38-20-4-2-1-3-5-20)34-35-23(36)39-14-22(37)33-18-11-15(24(27,28)29)10-16(12-18)25(30,31)32/h1-12H,13-14H2,(H,33,37). The van der Waals surface area contributed by atoms with Crippen molar-refractivity contribution in [1.82, 2.24) is 14.8 Å². The molecule has 1 heterocycles. The Labute approximate surface area is 226 Å². The molecule has 0 radical (unpaired) electrons. The van der Waals surface area contributed by atoms with Crippen LogP contribution < -0.4 is 10.1 Å². The van der Waals surface area contributed by atoms with Crippen LogP contribution in [0, 0.1) is 0 Å². The number of rotatable bonds is 8. The van der Waals surface area contributed by atoms with Crippen molar-refractivity contribution in [2.75, 3.05) is 11.1 Å². The van der Waals surface area contributed by atoms with Gasteiger partial charge in [-0.05, 0) is 54.6 Å². The molecular formula is C25H17ClF6N4O2S. The molecular weight excluding hydrogens is 570 g/mol. The fraction of sp³-hybridized carbons (Fsp3) is 0.160. The predicted octanol–water partition coefficient (Wildman–Crippen LogP) is 7.27. The SMILES string of the molecule is O=C(CSc1nnc(COc2ccccc2)n1-c1ccc(Cl)cc1)Nc1cc(C(F)(F)F)cc(C(F)(F)F)c1. The number of alkyl halides is 6. The Kier molecular flexibility index (Phi) is 8.40. The predicted molar refractivity (Wildman–Crippen MR) is 133 cm³/mol. The third kappa shape index (κ3) is 7.45. The number of carbonyl (C=O) groups excluding carboxylic acids is 1. The molecule has 0 aliphatic carbocycles. The maximum Gasteiger partial charge on any atom is 0.416 e. The maximum absolute atomic E-state index is 13.1. The van der Waals surface area contributed by atoms with Crippen molar-refractivity contribution in [2.45, 2.75) is 24.1 Å². The first-order valence-corrected chi connectivity index (χ1v) is 12.4. The van der Waals surface area contributed by atoms with Crippen LogP contribution in [0.3, 0.4) is 0 Å². The second-order valence-electron chi connectivity index (χ2n) is 7.94. The minimum atomic E-state index is -5.04. The summed E-state index contributed by atoms with van der Waals surface area (Å²) in [5.41, 5.74) is -3.12. The van der Waals surface area contributed by atoms with Gasteiger partial charge in [-0.2, -0.15) is 26.3 Å². The van der Waals surface area contributed by atoms with E-state index in [1.54, 1.807) is 53.1 Å². The number of para-hydroxylation sites is 1. The topological polar surface area (TPSA) is 69.0 Å². The van der Waals surface area contributed by atoms with E-state index in [9.17, 15) is 31.1 Å². The first-order valence-electron chi connectivity index (χ1n) is 11.0. The summed E-state index contributed by atoms with van der Waals surface area (Å²) < 4.78 is 86.1. The number of nitrogens with zero attached hydrogens (tertiary/aromatic N) is 3. The Morgan fingerprint density at radius 2 is 1.51 bits per heavy atom. The summed E-state index contributed by atoms with van der Waals surface area (Å²) in [6.45, 7) is 0.0108. The molecule has 6 nitrogen and oxygen atoms in total. The van der Waals surface area contributed by atoms with Gasteiger partial charge in [0.2, 0.25) is 5.91 Å². The molecule has 14 heteroatoms. The molecule has 0 bridgehead atoms. The van der Waals surface area contributed by atoms with Crippen molar-refractivity contribution in [3.8, 4) is 11.4 Å². The van der Waals surface area contributed by atoms with Crippen LogP contribution in [0.1, 0.15) is 17.0 Å². The minimum absolute atomic E-state index is 0.0108. The van der Waals surface area contributed by atoms with E-state index >= 15 is 0 Å². The lowest BCUT2D eigenvalue weighted by Crippen LogP contribution is -2.17. The summed E-state index contributed by atoms with van der Waals surface area (Å²) in [6, 6.07) is 16.4. The number of amides is 1. The summed E-state index contributed by atoms with van der Waals surface area (Å²) in [4.78, 5) is 12.5. The van der Waals surface area contributed by atoms with Crippen molar-refractivity contribution in [1.29, 1.82) is 0 Å². The van der Waals surface area contributed by atoms with Crippen molar-refractivity contribution >= 4 is 35.0 Å². The smallest absolute Gasteiger partial charge is 0.416 e.